The molecule has 1 amide bonds. The van der Waals surface area contributed by atoms with Crippen molar-refractivity contribution in [3.8, 4) is 0 Å². The number of amides is 1. The van der Waals surface area contributed by atoms with Crippen molar-refractivity contribution in [3.63, 3.8) is 0 Å². The van der Waals surface area contributed by atoms with Crippen molar-refractivity contribution in [1.82, 2.24) is 18.8 Å². The van der Waals surface area contributed by atoms with Crippen LogP contribution < -0.4 is 4.90 Å². The second kappa shape index (κ2) is 9.20. The molecule has 0 aliphatic carbocycles. The Kier molecular flexibility index (Phi) is 6.51. The Morgan fingerprint density at radius 1 is 1.06 bits per heavy atom. The zero-order chi connectivity index (χ0) is 23.8. The number of sulfonamides is 1. The van der Waals surface area contributed by atoms with Gasteiger partial charge in [0.2, 0.25) is 15.9 Å². The normalized spacial score (nSPS) is 12.2. The lowest BCUT2D eigenvalue weighted by molar-refractivity contribution is -0.118. The summed E-state index contributed by atoms with van der Waals surface area (Å²) in [4.78, 5) is 24.3. The van der Waals surface area contributed by atoms with E-state index in [1.54, 1.807) is 23.1 Å². The summed E-state index contributed by atoms with van der Waals surface area (Å²) in [7, 11) is -0.531. The Morgan fingerprint density at radius 2 is 1.82 bits per heavy atom. The van der Waals surface area contributed by atoms with Crippen LogP contribution in [0.1, 0.15) is 26.1 Å². The molecule has 0 saturated carbocycles. The lowest BCUT2D eigenvalue weighted by atomic mass is 10.2. The molecule has 0 radical (unpaired) electrons. The maximum absolute atomic E-state index is 13.1. The summed E-state index contributed by atoms with van der Waals surface area (Å²) in [6.45, 7) is 5.16. The smallest absolute Gasteiger partial charge is 0.242 e. The number of carbonyl (C=O) groups is 1. The fourth-order valence-electron chi connectivity index (χ4n) is 3.82. The zero-order valence-corrected chi connectivity index (χ0v) is 20.8. The van der Waals surface area contributed by atoms with Gasteiger partial charge in [0.25, 0.3) is 0 Å². The molecule has 0 spiro atoms. The van der Waals surface area contributed by atoms with Crippen molar-refractivity contribution in [1.29, 1.82) is 0 Å². The van der Waals surface area contributed by atoms with Crippen molar-refractivity contribution >= 4 is 53.6 Å². The van der Waals surface area contributed by atoms with E-state index in [0.717, 1.165) is 21.6 Å². The van der Waals surface area contributed by atoms with Crippen LogP contribution in [0.2, 0.25) is 0 Å². The molecule has 0 bridgehead atoms. The van der Waals surface area contributed by atoms with Crippen LogP contribution in [0.15, 0.2) is 47.4 Å². The summed E-state index contributed by atoms with van der Waals surface area (Å²) in [6, 6.07) is 12.8. The fraction of sp³-hybridized carbons (Fsp3) is 0.348. The molecule has 0 atom stereocenters. The Hall–Kier alpha value is -2.82. The summed E-state index contributed by atoms with van der Waals surface area (Å²) in [5.41, 5.74) is 2.36. The highest BCUT2D eigenvalue weighted by Crippen LogP contribution is 2.29. The van der Waals surface area contributed by atoms with Crippen molar-refractivity contribution in [2.75, 3.05) is 25.5 Å². The van der Waals surface area contributed by atoms with E-state index < -0.39 is 10.0 Å². The third-order valence-electron chi connectivity index (χ3n) is 5.59. The summed E-state index contributed by atoms with van der Waals surface area (Å²) in [5.74, 6) is 0.753. The molecule has 0 saturated heterocycles. The van der Waals surface area contributed by atoms with Gasteiger partial charge in [-0.1, -0.05) is 23.5 Å². The molecular formula is C23H27N5O3S2. The highest BCUT2D eigenvalue weighted by molar-refractivity contribution is 7.89. The molecule has 174 valence electrons. The van der Waals surface area contributed by atoms with E-state index >= 15 is 0 Å². The van der Waals surface area contributed by atoms with Crippen LogP contribution in [-0.2, 0) is 27.8 Å². The zero-order valence-electron chi connectivity index (χ0n) is 19.1. The highest BCUT2D eigenvalue weighted by atomic mass is 32.2. The maximum atomic E-state index is 13.1. The van der Waals surface area contributed by atoms with Crippen molar-refractivity contribution < 1.29 is 13.2 Å². The van der Waals surface area contributed by atoms with Crippen LogP contribution in [0.3, 0.4) is 0 Å². The number of para-hydroxylation sites is 1. The third kappa shape index (κ3) is 4.38. The molecule has 10 heteroatoms. The van der Waals surface area contributed by atoms with E-state index in [9.17, 15) is 13.2 Å². The quantitative estimate of drug-likeness (QED) is 0.378. The molecule has 0 unspecified atom stereocenters. The number of hydrogen-bond acceptors (Lipinski definition) is 6. The van der Waals surface area contributed by atoms with Gasteiger partial charge in [-0.25, -0.2) is 22.7 Å². The minimum Gasteiger partial charge on any atom is -0.328 e. The summed E-state index contributed by atoms with van der Waals surface area (Å²) >= 11 is 1.51. The third-order valence-corrected chi connectivity index (χ3v) is 8.46. The lowest BCUT2D eigenvalue weighted by Crippen LogP contribution is -2.30. The number of nitrogens with zero attached hydrogens (tertiary/aromatic N) is 5. The summed E-state index contributed by atoms with van der Waals surface area (Å²) < 4.78 is 29.3. The first-order valence-corrected chi connectivity index (χ1v) is 13.1. The molecule has 8 nitrogen and oxygen atoms in total. The standard InChI is InChI=1S/C23H27N5O3S2/c1-5-27-19-12-11-16(33(30,31)26(3)4)15-18(19)24-21(27)13-14-22(29)28(6-2)23-25-17-9-7-8-10-20(17)32-23/h7-12,15H,5-6,13-14H2,1-4H3. The number of hydrogen-bond donors (Lipinski definition) is 0. The van der Waals surface area contributed by atoms with Gasteiger partial charge in [0.05, 0.1) is 26.1 Å². The average Bonchev–Trinajstić information content (AvgIpc) is 3.38. The SMILES string of the molecule is CCN(C(=O)CCc1nc2cc(S(=O)(=O)N(C)C)ccc2n1CC)c1nc2ccccc2s1. The van der Waals surface area contributed by atoms with Gasteiger partial charge >= 0.3 is 0 Å². The predicted molar refractivity (Wildman–Crippen MR) is 132 cm³/mol. The first-order valence-electron chi connectivity index (χ1n) is 10.8. The van der Waals surface area contributed by atoms with E-state index in [4.69, 9.17) is 0 Å². The Balaban J connectivity index is 1.58. The average molecular weight is 486 g/mol. The predicted octanol–water partition coefficient (Wildman–Crippen LogP) is 3.90. The summed E-state index contributed by atoms with van der Waals surface area (Å²) in [6.07, 6.45) is 0.744. The molecule has 33 heavy (non-hydrogen) atoms. The molecule has 0 aliphatic rings. The molecule has 4 rings (SSSR count). The summed E-state index contributed by atoms with van der Waals surface area (Å²) in [5, 5.41) is 0.700. The van der Waals surface area contributed by atoms with Gasteiger partial charge < -0.3 is 4.57 Å². The second-order valence-corrected chi connectivity index (χ2v) is 11.0. The van der Waals surface area contributed by atoms with Crippen molar-refractivity contribution in [2.45, 2.75) is 38.1 Å². The van der Waals surface area contributed by atoms with Crippen LogP contribution in [0.25, 0.3) is 21.3 Å². The number of fused-ring (bicyclic) bond motifs is 2. The maximum Gasteiger partial charge on any atom is 0.242 e. The van der Waals surface area contributed by atoms with Crippen LogP contribution in [0.4, 0.5) is 5.13 Å². The first-order chi connectivity index (χ1) is 15.8. The van der Waals surface area contributed by atoms with E-state index in [-0.39, 0.29) is 17.2 Å². The van der Waals surface area contributed by atoms with Gasteiger partial charge in [-0.3, -0.25) is 9.69 Å². The van der Waals surface area contributed by atoms with Crippen molar-refractivity contribution in [3.05, 3.63) is 48.3 Å². The van der Waals surface area contributed by atoms with Gasteiger partial charge in [-0.15, -0.1) is 0 Å². The fourth-order valence-corrected chi connectivity index (χ4v) is 5.79. The monoisotopic (exact) mass is 485 g/mol. The first kappa shape index (κ1) is 23.3. The van der Waals surface area contributed by atoms with Gasteiger partial charge in [-0.05, 0) is 44.2 Å². The molecule has 0 N–H and O–H groups in total. The van der Waals surface area contributed by atoms with E-state index in [1.807, 2.05) is 42.7 Å². The van der Waals surface area contributed by atoms with E-state index in [0.29, 0.717) is 30.2 Å². The van der Waals surface area contributed by atoms with Crippen LogP contribution in [0.5, 0.6) is 0 Å². The van der Waals surface area contributed by atoms with Crippen LogP contribution in [-0.4, -0.2) is 53.8 Å². The number of carbonyl (C=O) groups excluding carboxylic acids is 1. The Bertz CT molecular complexity index is 1390. The molecule has 2 aromatic heterocycles. The molecule has 0 fully saturated rings. The second-order valence-electron chi connectivity index (χ2n) is 7.81. The number of imidazole rings is 1. The largest absolute Gasteiger partial charge is 0.328 e. The van der Waals surface area contributed by atoms with Gasteiger partial charge in [-0.2, -0.15) is 0 Å². The topological polar surface area (TPSA) is 88.4 Å². The number of aromatic nitrogens is 3. The molecule has 0 aliphatic heterocycles. The van der Waals surface area contributed by atoms with Gasteiger partial charge in [0.15, 0.2) is 5.13 Å². The van der Waals surface area contributed by atoms with Gasteiger partial charge in [0, 0.05) is 40.0 Å². The molecule has 2 heterocycles. The van der Waals surface area contributed by atoms with Crippen molar-refractivity contribution in [2.24, 2.45) is 0 Å². The lowest BCUT2D eigenvalue weighted by Gasteiger charge is -2.17. The minimum absolute atomic E-state index is 0.0119. The van der Waals surface area contributed by atoms with Crippen LogP contribution >= 0.6 is 11.3 Å². The molecular weight excluding hydrogens is 458 g/mol. The minimum atomic E-state index is -3.54. The number of aryl methyl sites for hydroxylation is 2. The van der Waals surface area contributed by atoms with E-state index in [1.165, 1.54) is 29.7 Å². The Morgan fingerprint density at radius 3 is 2.48 bits per heavy atom. The number of rotatable bonds is 8. The Labute approximate surface area is 197 Å². The number of thiazole rings is 1. The molecule has 4 aromatic rings. The van der Waals surface area contributed by atoms with Gasteiger partial charge in [0.1, 0.15) is 5.82 Å². The number of anilines is 1. The van der Waals surface area contributed by atoms with E-state index in [2.05, 4.69) is 9.97 Å². The number of benzene rings is 2. The van der Waals surface area contributed by atoms with Crippen LogP contribution in [0, 0.1) is 0 Å². The highest BCUT2D eigenvalue weighted by Gasteiger charge is 2.21. The molecule has 2 aromatic carbocycles.